The van der Waals surface area contributed by atoms with Crippen LogP contribution >= 0.6 is 0 Å². The number of morpholine rings is 1. The highest BCUT2D eigenvalue weighted by molar-refractivity contribution is 5.95. The van der Waals surface area contributed by atoms with Crippen LogP contribution in [0.25, 0.3) is 0 Å². The van der Waals surface area contributed by atoms with Crippen LogP contribution in [0.4, 0.5) is 0 Å². The highest BCUT2D eigenvalue weighted by Crippen LogP contribution is 2.39. The van der Waals surface area contributed by atoms with Crippen LogP contribution in [0.3, 0.4) is 0 Å². The SMILES string of the molecule is NC(=O)c1cc(OCCCN2CCOCC2)c2c(c1)C(C(N)=O)C(N)C2. The summed E-state index contributed by atoms with van der Waals surface area (Å²) in [5.74, 6) is -1.14. The molecule has 1 aromatic rings. The molecule has 0 aromatic heterocycles. The normalized spacial score (nSPS) is 22.8. The molecule has 1 aliphatic carbocycles. The van der Waals surface area contributed by atoms with Gasteiger partial charge < -0.3 is 26.7 Å². The van der Waals surface area contributed by atoms with E-state index in [-0.39, 0.29) is 0 Å². The van der Waals surface area contributed by atoms with E-state index in [1.807, 2.05) is 0 Å². The molecule has 1 aromatic carbocycles. The van der Waals surface area contributed by atoms with Crippen LogP contribution in [0, 0.1) is 0 Å². The molecule has 0 bridgehead atoms. The molecule has 0 saturated carbocycles. The number of hydrogen-bond donors (Lipinski definition) is 3. The van der Waals surface area contributed by atoms with Crippen molar-refractivity contribution in [2.75, 3.05) is 39.5 Å². The zero-order chi connectivity index (χ0) is 18.7. The van der Waals surface area contributed by atoms with Gasteiger partial charge in [0.15, 0.2) is 0 Å². The molecule has 8 heteroatoms. The summed E-state index contributed by atoms with van der Waals surface area (Å²) in [5.41, 5.74) is 18.8. The van der Waals surface area contributed by atoms with E-state index in [0.29, 0.717) is 29.9 Å². The zero-order valence-electron chi connectivity index (χ0n) is 14.8. The molecule has 3 rings (SSSR count). The van der Waals surface area contributed by atoms with Crippen molar-refractivity contribution < 1.29 is 19.1 Å². The summed E-state index contributed by atoms with van der Waals surface area (Å²) < 4.78 is 11.3. The molecule has 1 aliphatic heterocycles. The third-order valence-electron chi connectivity index (χ3n) is 5.02. The lowest BCUT2D eigenvalue weighted by molar-refractivity contribution is -0.119. The molecular formula is C18H26N4O4. The number of hydrogen-bond acceptors (Lipinski definition) is 6. The van der Waals surface area contributed by atoms with Gasteiger partial charge in [0.2, 0.25) is 11.8 Å². The lowest BCUT2D eigenvalue weighted by Gasteiger charge is -2.26. The maximum Gasteiger partial charge on any atom is 0.248 e. The van der Waals surface area contributed by atoms with Crippen molar-refractivity contribution in [1.29, 1.82) is 0 Å². The largest absolute Gasteiger partial charge is 0.493 e. The summed E-state index contributed by atoms with van der Waals surface area (Å²) in [7, 11) is 0. The number of ether oxygens (including phenoxy) is 2. The van der Waals surface area contributed by atoms with Crippen LogP contribution in [0.1, 0.15) is 33.8 Å². The fraction of sp³-hybridized carbons (Fsp3) is 0.556. The van der Waals surface area contributed by atoms with Crippen molar-refractivity contribution >= 4 is 11.8 Å². The summed E-state index contributed by atoms with van der Waals surface area (Å²) in [6.07, 6.45) is 1.33. The fourth-order valence-corrected chi connectivity index (χ4v) is 3.68. The predicted octanol–water partition coefficient (Wildman–Crippen LogP) is -0.661. The third-order valence-corrected chi connectivity index (χ3v) is 5.02. The van der Waals surface area contributed by atoms with Crippen LogP contribution in [0.2, 0.25) is 0 Å². The summed E-state index contributed by atoms with van der Waals surface area (Å²) in [6.45, 7) is 4.82. The Bertz CT molecular complexity index is 688. The van der Waals surface area contributed by atoms with E-state index in [0.717, 1.165) is 44.8 Å². The van der Waals surface area contributed by atoms with E-state index < -0.39 is 23.8 Å². The van der Waals surface area contributed by atoms with Gasteiger partial charge >= 0.3 is 0 Å². The van der Waals surface area contributed by atoms with Crippen LogP contribution in [-0.2, 0) is 16.0 Å². The second-order valence-corrected chi connectivity index (χ2v) is 6.81. The topological polar surface area (TPSA) is 134 Å². The minimum Gasteiger partial charge on any atom is -0.493 e. The highest BCUT2D eigenvalue weighted by atomic mass is 16.5. The minimum absolute atomic E-state index is 0.298. The van der Waals surface area contributed by atoms with Gasteiger partial charge in [0.25, 0.3) is 0 Å². The Morgan fingerprint density at radius 3 is 2.62 bits per heavy atom. The Hall–Kier alpha value is -2.16. The molecule has 1 saturated heterocycles. The quantitative estimate of drug-likeness (QED) is 0.551. The third kappa shape index (κ3) is 3.98. The van der Waals surface area contributed by atoms with E-state index >= 15 is 0 Å². The first-order chi connectivity index (χ1) is 12.5. The molecule has 2 atom stereocenters. The molecule has 2 aliphatic rings. The lowest BCUT2D eigenvalue weighted by atomic mass is 9.96. The molecule has 26 heavy (non-hydrogen) atoms. The number of benzene rings is 1. The predicted molar refractivity (Wildman–Crippen MR) is 95.9 cm³/mol. The molecule has 1 heterocycles. The molecule has 2 amide bonds. The monoisotopic (exact) mass is 362 g/mol. The van der Waals surface area contributed by atoms with E-state index in [9.17, 15) is 9.59 Å². The molecule has 0 spiro atoms. The van der Waals surface area contributed by atoms with E-state index in [4.69, 9.17) is 26.7 Å². The van der Waals surface area contributed by atoms with Gasteiger partial charge in [0, 0.05) is 31.2 Å². The molecule has 0 radical (unpaired) electrons. The minimum atomic E-state index is -0.625. The van der Waals surface area contributed by atoms with E-state index in [1.54, 1.807) is 12.1 Å². The number of amides is 2. The van der Waals surface area contributed by atoms with Gasteiger partial charge in [-0.2, -0.15) is 0 Å². The number of carbonyl (C=O) groups excluding carboxylic acids is 2. The van der Waals surface area contributed by atoms with Gasteiger partial charge in [-0.05, 0) is 36.1 Å². The average Bonchev–Trinajstić information content (AvgIpc) is 2.95. The number of nitrogens with two attached hydrogens (primary N) is 3. The Balaban J connectivity index is 1.71. The fourth-order valence-electron chi connectivity index (χ4n) is 3.68. The first kappa shape index (κ1) is 18.6. The first-order valence-electron chi connectivity index (χ1n) is 8.91. The zero-order valence-corrected chi connectivity index (χ0v) is 14.8. The number of rotatable bonds is 7. The van der Waals surface area contributed by atoms with Crippen molar-refractivity contribution in [3.8, 4) is 5.75 Å². The Morgan fingerprint density at radius 2 is 1.96 bits per heavy atom. The second-order valence-electron chi connectivity index (χ2n) is 6.81. The average molecular weight is 362 g/mol. The van der Waals surface area contributed by atoms with Gasteiger partial charge in [-0.3, -0.25) is 14.5 Å². The van der Waals surface area contributed by atoms with Crippen LogP contribution in [0.15, 0.2) is 12.1 Å². The van der Waals surface area contributed by atoms with Gasteiger partial charge in [0.05, 0.1) is 25.7 Å². The van der Waals surface area contributed by atoms with Gasteiger partial charge in [-0.25, -0.2) is 0 Å². The van der Waals surface area contributed by atoms with Crippen molar-refractivity contribution in [1.82, 2.24) is 4.90 Å². The summed E-state index contributed by atoms with van der Waals surface area (Å²) in [4.78, 5) is 25.7. The number of primary amides is 2. The smallest absolute Gasteiger partial charge is 0.248 e. The molecule has 142 valence electrons. The molecule has 1 fully saturated rings. The van der Waals surface area contributed by atoms with Crippen LogP contribution in [-0.4, -0.2) is 62.2 Å². The Labute approximate surface area is 152 Å². The van der Waals surface area contributed by atoms with Gasteiger partial charge in [-0.15, -0.1) is 0 Å². The summed E-state index contributed by atoms with van der Waals surface area (Å²) in [5, 5.41) is 0. The van der Waals surface area contributed by atoms with E-state index in [2.05, 4.69) is 4.90 Å². The second kappa shape index (κ2) is 8.03. The van der Waals surface area contributed by atoms with E-state index in [1.165, 1.54) is 0 Å². The van der Waals surface area contributed by atoms with Crippen molar-refractivity contribution in [2.45, 2.75) is 24.8 Å². The standard InChI is InChI=1S/C18H26N4O4/c19-14-10-12-13(16(14)18(21)24)8-11(17(20)23)9-15(12)26-5-1-2-22-3-6-25-7-4-22/h8-9,14,16H,1-7,10,19H2,(H2,20,23)(H2,21,24). The van der Waals surface area contributed by atoms with Gasteiger partial charge in [0.1, 0.15) is 5.75 Å². The number of carbonyl (C=O) groups is 2. The lowest BCUT2D eigenvalue weighted by Crippen LogP contribution is -2.37. The van der Waals surface area contributed by atoms with Gasteiger partial charge in [-0.1, -0.05) is 0 Å². The van der Waals surface area contributed by atoms with Crippen LogP contribution < -0.4 is 21.9 Å². The van der Waals surface area contributed by atoms with Crippen molar-refractivity contribution in [2.24, 2.45) is 17.2 Å². The summed E-state index contributed by atoms with van der Waals surface area (Å²) in [6, 6.07) is 2.83. The molecule has 6 N–H and O–H groups in total. The number of nitrogens with zero attached hydrogens (tertiary/aromatic N) is 1. The summed E-state index contributed by atoms with van der Waals surface area (Å²) >= 11 is 0. The maximum absolute atomic E-state index is 11.8. The Kier molecular flexibility index (Phi) is 5.75. The Morgan fingerprint density at radius 1 is 1.23 bits per heavy atom. The highest BCUT2D eigenvalue weighted by Gasteiger charge is 2.36. The molecular weight excluding hydrogens is 336 g/mol. The molecule has 8 nitrogen and oxygen atoms in total. The maximum atomic E-state index is 11.8. The van der Waals surface area contributed by atoms with Crippen molar-refractivity contribution in [3.05, 3.63) is 28.8 Å². The molecule has 2 unspecified atom stereocenters. The first-order valence-corrected chi connectivity index (χ1v) is 8.91. The number of fused-ring (bicyclic) bond motifs is 1. The van der Waals surface area contributed by atoms with Crippen molar-refractivity contribution in [3.63, 3.8) is 0 Å². The van der Waals surface area contributed by atoms with Crippen LogP contribution in [0.5, 0.6) is 5.75 Å².